The van der Waals surface area contributed by atoms with Gasteiger partial charge in [-0.2, -0.15) is 0 Å². The van der Waals surface area contributed by atoms with Crippen molar-refractivity contribution in [2.45, 2.75) is 63.0 Å². The highest BCUT2D eigenvalue weighted by Gasteiger charge is 2.40. The van der Waals surface area contributed by atoms with Crippen LogP contribution in [0.15, 0.2) is 54.6 Å². The molecule has 1 aliphatic carbocycles. The second-order valence-electron chi connectivity index (χ2n) is 9.76. The number of nitrogens with zero attached hydrogens (tertiary/aromatic N) is 2. The molecular weight excluding hydrogens is 441 g/mol. The Hall–Kier alpha value is -2.09. The molecule has 1 saturated carbocycles. The lowest BCUT2D eigenvalue weighted by Gasteiger charge is -2.44. The number of hydrogen-bond acceptors (Lipinski definition) is 4. The van der Waals surface area contributed by atoms with Crippen LogP contribution in [-0.4, -0.2) is 59.6 Å². The lowest BCUT2D eigenvalue weighted by atomic mass is 9.72. The third-order valence-corrected chi connectivity index (χ3v) is 7.54. The summed E-state index contributed by atoms with van der Waals surface area (Å²) in [6, 6.07) is 17.0. The highest BCUT2D eigenvalue weighted by atomic mass is 19.4. The molecule has 34 heavy (non-hydrogen) atoms. The van der Waals surface area contributed by atoms with E-state index in [-0.39, 0.29) is 11.7 Å². The number of alkyl halides is 3. The Balaban J connectivity index is 1.47. The minimum absolute atomic E-state index is 0.226. The van der Waals surface area contributed by atoms with E-state index in [2.05, 4.69) is 45.7 Å². The van der Waals surface area contributed by atoms with Gasteiger partial charge in [-0.1, -0.05) is 61.7 Å². The maximum Gasteiger partial charge on any atom is 0.573 e. The molecule has 7 heteroatoms. The number of ether oxygens (including phenoxy) is 1. The van der Waals surface area contributed by atoms with E-state index in [0.29, 0.717) is 31.0 Å². The van der Waals surface area contributed by atoms with Crippen LogP contribution in [-0.2, 0) is 0 Å². The van der Waals surface area contributed by atoms with Crippen LogP contribution < -0.4 is 4.74 Å². The Labute approximate surface area is 200 Å². The third-order valence-electron chi connectivity index (χ3n) is 7.54. The molecule has 1 aliphatic heterocycles. The molecule has 0 spiro atoms. The van der Waals surface area contributed by atoms with Gasteiger partial charge in [-0.15, -0.1) is 13.2 Å². The standard InChI is InChI=1S/C27H35F3N2O2/c1-21(22-9-4-2-5-10-22)32-17-15-31(16-18-32)20-25(26(33)13-6-3-7-14-26)23-11-8-12-24(19-23)34-27(28,29)30/h2,4-5,8-12,19,21,25,33H,3,6-7,13-18,20H2,1H3/t21-,25?/m0/s1. The predicted molar refractivity (Wildman–Crippen MR) is 127 cm³/mol. The molecule has 2 aliphatic rings. The Morgan fingerprint density at radius 3 is 2.21 bits per heavy atom. The quantitative estimate of drug-likeness (QED) is 0.553. The van der Waals surface area contributed by atoms with Crippen LogP contribution in [0, 0.1) is 0 Å². The largest absolute Gasteiger partial charge is 0.573 e. The molecule has 2 aromatic carbocycles. The monoisotopic (exact) mass is 476 g/mol. The zero-order valence-electron chi connectivity index (χ0n) is 19.8. The van der Waals surface area contributed by atoms with E-state index in [9.17, 15) is 18.3 Å². The van der Waals surface area contributed by atoms with E-state index in [4.69, 9.17) is 0 Å². The summed E-state index contributed by atoms with van der Waals surface area (Å²) in [5, 5.41) is 11.6. The zero-order valence-corrected chi connectivity index (χ0v) is 19.8. The van der Waals surface area contributed by atoms with E-state index in [0.717, 1.165) is 45.4 Å². The summed E-state index contributed by atoms with van der Waals surface area (Å²) in [5.74, 6) is -0.487. The highest BCUT2D eigenvalue weighted by molar-refractivity contribution is 5.33. The Morgan fingerprint density at radius 1 is 0.912 bits per heavy atom. The Kier molecular flexibility index (Phi) is 7.85. The second kappa shape index (κ2) is 10.7. The number of benzene rings is 2. The van der Waals surface area contributed by atoms with Gasteiger partial charge >= 0.3 is 6.36 Å². The van der Waals surface area contributed by atoms with Gasteiger partial charge in [0.1, 0.15) is 5.75 Å². The minimum Gasteiger partial charge on any atom is -0.406 e. The van der Waals surface area contributed by atoms with Crippen LogP contribution in [0.25, 0.3) is 0 Å². The fourth-order valence-corrected chi connectivity index (χ4v) is 5.56. The second-order valence-corrected chi connectivity index (χ2v) is 9.76. The van der Waals surface area contributed by atoms with Crippen LogP contribution in [0.1, 0.15) is 62.1 Å². The van der Waals surface area contributed by atoms with Crippen molar-refractivity contribution in [2.75, 3.05) is 32.7 Å². The van der Waals surface area contributed by atoms with Crippen molar-refractivity contribution in [1.29, 1.82) is 0 Å². The molecule has 1 N–H and O–H groups in total. The predicted octanol–water partition coefficient (Wildman–Crippen LogP) is 5.74. The van der Waals surface area contributed by atoms with Crippen molar-refractivity contribution < 1.29 is 23.0 Å². The van der Waals surface area contributed by atoms with Crippen LogP contribution in [0.2, 0.25) is 0 Å². The van der Waals surface area contributed by atoms with E-state index in [1.807, 2.05) is 12.1 Å². The SMILES string of the molecule is C[C@@H](c1ccccc1)N1CCN(CC(c2cccc(OC(F)(F)F)c2)C2(O)CCCCC2)CC1. The van der Waals surface area contributed by atoms with Gasteiger partial charge in [-0.3, -0.25) is 4.90 Å². The average molecular weight is 477 g/mol. The third kappa shape index (κ3) is 6.32. The summed E-state index contributed by atoms with van der Waals surface area (Å²) in [6.45, 7) is 6.41. The molecule has 0 bridgehead atoms. The summed E-state index contributed by atoms with van der Waals surface area (Å²) in [4.78, 5) is 4.82. The Bertz CT molecular complexity index is 908. The van der Waals surface area contributed by atoms with E-state index in [1.165, 1.54) is 17.7 Å². The smallest absolute Gasteiger partial charge is 0.406 e. The highest BCUT2D eigenvalue weighted by Crippen LogP contribution is 2.41. The van der Waals surface area contributed by atoms with Gasteiger partial charge in [0, 0.05) is 44.7 Å². The lowest BCUT2D eigenvalue weighted by Crippen LogP contribution is -2.51. The van der Waals surface area contributed by atoms with Crippen LogP contribution >= 0.6 is 0 Å². The summed E-state index contributed by atoms with van der Waals surface area (Å²) in [6.07, 6.45) is -0.424. The molecule has 1 saturated heterocycles. The maximum atomic E-state index is 12.8. The molecule has 2 aromatic rings. The van der Waals surface area contributed by atoms with Gasteiger partial charge in [-0.25, -0.2) is 0 Å². The molecule has 2 fully saturated rings. The zero-order chi connectivity index (χ0) is 24.2. The first kappa shape index (κ1) is 25.0. The van der Waals surface area contributed by atoms with E-state index < -0.39 is 12.0 Å². The number of piperazine rings is 1. The summed E-state index contributed by atoms with van der Waals surface area (Å²) < 4.78 is 42.6. The first-order valence-electron chi connectivity index (χ1n) is 12.3. The van der Waals surface area contributed by atoms with Gasteiger partial charge in [0.2, 0.25) is 0 Å². The summed E-state index contributed by atoms with van der Waals surface area (Å²) in [5.41, 5.74) is 1.10. The fraction of sp³-hybridized carbons (Fsp3) is 0.556. The van der Waals surface area contributed by atoms with Crippen molar-refractivity contribution in [3.8, 4) is 5.75 Å². The van der Waals surface area contributed by atoms with Gasteiger partial charge in [0.25, 0.3) is 0 Å². The van der Waals surface area contributed by atoms with Gasteiger partial charge < -0.3 is 14.7 Å². The molecule has 2 atom stereocenters. The first-order valence-corrected chi connectivity index (χ1v) is 12.3. The molecule has 4 nitrogen and oxygen atoms in total. The van der Waals surface area contributed by atoms with Crippen LogP contribution in [0.3, 0.4) is 0 Å². The Morgan fingerprint density at radius 2 is 1.56 bits per heavy atom. The number of halogens is 3. The summed E-state index contributed by atoms with van der Waals surface area (Å²) in [7, 11) is 0. The topological polar surface area (TPSA) is 35.9 Å². The van der Waals surface area contributed by atoms with Crippen molar-refractivity contribution in [1.82, 2.24) is 9.80 Å². The van der Waals surface area contributed by atoms with Crippen LogP contribution in [0.5, 0.6) is 5.75 Å². The van der Waals surface area contributed by atoms with Gasteiger partial charge in [0.05, 0.1) is 5.60 Å². The number of aliphatic hydroxyl groups is 1. The number of hydrogen-bond donors (Lipinski definition) is 1. The first-order chi connectivity index (χ1) is 16.2. The molecule has 0 aromatic heterocycles. The molecule has 1 unspecified atom stereocenters. The van der Waals surface area contributed by atoms with Crippen LogP contribution in [0.4, 0.5) is 13.2 Å². The van der Waals surface area contributed by atoms with Gasteiger partial charge in [0.15, 0.2) is 0 Å². The lowest BCUT2D eigenvalue weighted by molar-refractivity contribution is -0.274. The summed E-state index contributed by atoms with van der Waals surface area (Å²) >= 11 is 0. The average Bonchev–Trinajstić information content (AvgIpc) is 2.82. The maximum absolute atomic E-state index is 12.8. The minimum atomic E-state index is -4.73. The van der Waals surface area contributed by atoms with E-state index >= 15 is 0 Å². The van der Waals surface area contributed by atoms with Crippen molar-refractivity contribution in [2.24, 2.45) is 0 Å². The van der Waals surface area contributed by atoms with Crippen molar-refractivity contribution >= 4 is 0 Å². The van der Waals surface area contributed by atoms with E-state index in [1.54, 1.807) is 6.07 Å². The van der Waals surface area contributed by atoms with Crippen molar-refractivity contribution in [3.05, 3.63) is 65.7 Å². The molecule has 186 valence electrons. The van der Waals surface area contributed by atoms with Crippen molar-refractivity contribution in [3.63, 3.8) is 0 Å². The molecule has 4 rings (SSSR count). The molecule has 0 amide bonds. The van der Waals surface area contributed by atoms with Gasteiger partial charge in [-0.05, 0) is 43.0 Å². The fourth-order valence-electron chi connectivity index (χ4n) is 5.56. The normalized spacial score (nSPS) is 21.7. The molecule has 0 radical (unpaired) electrons. The number of rotatable bonds is 7. The molecule has 1 heterocycles. The molecular formula is C27H35F3N2O2.